The Morgan fingerprint density at radius 2 is 2.00 bits per heavy atom. The number of hydrogen-bond donors (Lipinski definition) is 1. The number of aliphatic hydroxyl groups is 1. The Bertz CT molecular complexity index is 870. The van der Waals surface area contributed by atoms with Crippen molar-refractivity contribution in [3.8, 4) is 0 Å². The second-order valence-electron chi connectivity index (χ2n) is 12.0. The van der Waals surface area contributed by atoms with Crippen LogP contribution in [0, 0.1) is 17.3 Å². The van der Waals surface area contributed by atoms with Gasteiger partial charge in [-0.2, -0.15) is 0 Å². The first-order valence-corrected chi connectivity index (χ1v) is 13.4. The fourth-order valence-corrected chi connectivity index (χ4v) is 7.66. The largest absolute Gasteiger partial charge is 0.466 e. The number of amides is 2. The van der Waals surface area contributed by atoms with Crippen molar-refractivity contribution in [2.45, 2.75) is 95.5 Å². The number of likely N-dealkylation sites (tertiary alicyclic amines) is 1. The number of rotatable bonds is 9. The van der Waals surface area contributed by atoms with E-state index in [0.717, 1.165) is 6.42 Å². The molecule has 198 valence electrons. The average molecular weight is 558 g/mol. The van der Waals surface area contributed by atoms with Gasteiger partial charge in [0.25, 0.3) is 0 Å². The minimum Gasteiger partial charge on any atom is -0.466 e. The molecule has 35 heavy (non-hydrogen) atoms. The molecule has 3 rings (SSSR count). The lowest BCUT2D eigenvalue weighted by Crippen LogP contribution is -2.62. The summed E-state index contributed by atoms with van der Waals surface area (Å²) in [6.45, 7) is 17.9. The van der Waals surface area contributed by atoms with Crippen LogP contribution in [-0.2, 0) is 23.9 Å². The van der Waals surface area contributed by atoms with Gasteiger partial charge in [-0.05, 0) is 46.0 Å². The molecule has 3 aliphatic rings. The molecule has 3 fully saturated rings. The predicted octanol–water partition coefficient (Wildman–Crippen LogP) is 2.91. The van der Waals surface area contributed by atoms with E-state index >= 15 is 0 Å². The zero-order valence-electron chi connectivity index (χ0n) is 22.0. The molecule has 9 heteroatoms. The Morgan fingerprint density at radius 3 is 2.51 bits per heavy atom. The van der Waals surface area contributed by atoms with E-state index < -0.39 is 47.1 Å². The highest BCUT2D eigenvalue weighted by Crippen LogP contribution is 2.60. The van der Waals surface area contributed by atoms with Gasteiger partial charge in [-0.3, -0.25) is 14.4 Å². The lowest BCUT2D eigenvalue weighted by Gasteiger charge is -2.46. The smallest absolute Gasteiger partial charge is 0.312 e. The van der Waals surface area contributed by atoms with Crippen LogP contribution >= 0.6 is 15.9 Å². The molecular weight excluding hydrogens is 516 g/mol. The van der Waals surface area contributed by atoms with Gasteiger partial charge in [-0.1, -0.05) is 42.8 Å². The molecule has 8 nitrogen and oxygen atoms in total. The monoisotopic (exact) mass is 556 g/mol. The molecule has 7 atom stereocenters. The van der Waals surface area contributed by atoms with Gasteiger partial charge in [-0.25, -0.2) is 0 Å². The standard InChI is InChI=1S/C26H41BrN2O6/c1-9-11-28(25(7,8)14-24(4,5)6)22(32)20-26-12-16(27)19(35-26)17(23(33)34-10-2)18(26)21(31)29(20)15(3)13-30/h9,15-20,30H,1,10-14H2,2-8H3/t15-,16?,17+,18-,19+,20+,26-/m1/s1. The van der Waals surface area contributed by atoms with Crippen molar-refractivity contribution in [1.82, 2.24) is 9.80 Å². The zero-order valence-corrected chi connectivity index (χ0v) is 23.6. The summed E-state index contributed by atoms with van der Waals surface area (Å²) < 4.78 is 11.8. The SMILES string of the molecule is C=CCN(C(=O)[C@@H]1N([C@H](C)CO)C(=O)[C@H]2[C@H](C(=O)OCC)[C@H]3O[C@@]12CC3Br)C(C)(C)CC(C)(C)C. The Balaban J connectivity index is 2.12. The number of aliphatic hydroxyl groups excluding tert-OH is 1. The Kier molecular flexibility index (Phi) is 7.86. The van der Waals surface area contributed by atoms with Gasteiger partial charge < -0.3 is 24.4 Å². The minimum atomic E-state index is -1.18. The molecule has 2 bridgehead atoms. The summed E-state index contributed by atoms with van der Waals surface area (Å²) in [5.74, 6) is -2.71. The molecule has 1 N–H and O–H groups in total. The fourth-order valence-electron chi connectivity index (χ4n) is 6.72. The van der Waals surface area contributed by atoms with Crippen molar-refractivity contribution < 1.29 is 29.0 Å². The molecule has 0 saturated carbocycles. The van der Waals surface area contributed by atoms with E-state index in [4.69, 9.17) is 9.47 Å². The number of fused-ring (bicyclic) bond motifs is 1. The van der Waals surface area contributed by atoms with E-state index in [2.05, 4.69) is 43.3 Å². The topological polar surface area (TPSA) is 96.4 Å². The molecule has 0 radical (unpaired) electrons. The molecule has 3 heterocycles. The highest BCUT2D eigenvalue weighted by Gasteiger charge is 2.77. The molecule has 1 spiro atoms. The molecule has 0 aromatic rings. The normalized spacial score (nSPS) is 33.0. The van der Waals surface area contributed by atoms with E-state index in [9.17, 15) is 19.5 Å². The van der Waals surface area contributed by atoms with Crippen LogP contribution in [0.1, 0.15) is 61.3 Å². The number of carbonyl (C=O) groups is 3. The van der Waals surface area contributed by atoms with Crippen LogP contribution in [0.3, 0.4) is 0 Å². The van der Waals surface area contributed by atoms with Crippen LogP contribution in [0.5, 0.6) is 0 Å². The molecule has 0 aliphatic carbocycles. The number of ether oxygens (including phenoxy) is 2. The average Bonchev–Trinajstić information content (AvgIpc) is 3.32. The summed E-state index contributed by atoms with van der Waals surface area (Å²) in [6, 6.07) is -1.59. The Hall–Kier alpha value is -1.45. The summed E-state index contributed by atoms with van der Waals surface area (Å²) in [7, 11) is 0. The molecule has 1 unspecified atom stereocenters. The number of carbonyl (C=O) groups excluding carboxylic acids is 3. The highest BCUT2D eigenvalue weighted by molar-refractivity contribution is 9.09. The minimum absolute atomic E-state index is 0.0497. The van der Waals surface area contributed by atoms with Gasteiger partial charge in [-0.15, -0.1) is 6.58 Å². The first-order valence-electron chi connectivity index (χ1n) is 12.5. The van der Waals surface area contributed by atoms with Crippen LogP contribution < -0.4 is 0 Å². The summed E-state index contributed by atoms with van der Waals surface area (Å²) in [5.41, 5.74) is -1.77. The summed E-state index contributed by atoms with van der Waals surface area (Å²) in [5, 5.41) is 10.0. The number of halogens is 1. The first-order chi connectivity index (χ1) is 16.2. The lowest BCUT2D eigenvalue weighted by molar-refractivity contribution is -0.157. The van der Waals surface area contributed by atoms with Crippen LogP contribution in [0.4, 0.5) is 0 Å². The zero-order chi connectivity index (χ0) is 26.5. The number of hydrogen-bond acceptors (Lipinski definition) is 6. The van der Waals surface area contributed by atoms with Crippen LogP contribution in [0.2, 0.25) is 0 Å². The van der Waals surface area contributed by atoms with Gasteiger partial charge in [0.2, 0.25) is 11.8 Å². The third-order valence-corrected chi connectivity index (χ3v) is 8.37. The van der Waals surface area contributed by atoms with Crippen LogP contribution in [0.25, 0.3) is 0 Å². The van der Waals surface area contributed by atoms with Crippen molar-refractivity contribution in [2.24, 2.45) is 17.3 Å². The number of alkyl halides is 1. The van der Waals surface area contributed by atoms with Crippen molar-refractivity contribution in [3.05, 3.63) is 12.7 Å². The van der Waals surface area contributed by atoms with Crippen LogP contribution in [-0.4, -0.2) is 86.6 Å². The van der Waals surface area contributed by atoms with E-state index in [1.807, 2.05) is 13.8 Å². The van der Waals surface area contributed by atoms with Gasteiger partial charge >= 0.3 is 5.97 Å². The third-order valence-electron chi connectivity index (χ3n) is 7.53. The summed E-state index contributed by atoms with van der Waals surface area (Å²) >= 11 is 3.65. The van der Waals surface area contributed by atoms with Crippen LogP contribution in [0.15, 0.2) is 12.7 Å². The lowest BCUT2D eigenvalue weighted by atomic mass is 9.70. The molecule has 3 aliphatic heterocycles. The van der Waals surface area contributed by atoms with Gasteiger partial charge in [0.05, 0.1) is 37.2 Å². The molecule has 3 saturated heterocycles. The molecule has 2 amide bonds. The van der Waals surface area contributed by atoms with E-state index in [1.54, 1.807) is 24.8 Å². The third kappa shape index (κ3) is 4.68. The number of esters is 1. The Labute approximate surface area is 217 Å². The maximum atomic E-state index is 14.5. The summed E-state index contributed by atoms with van der Waals surface area (Å²) in [4.78, 5) is 44.4. The van der Waals surface area contributed by atoms with Crippen molar-refractivity contribution in [3.63, 3.8) is 0 Å². The Morgan fingerprint density at radius 1 is 1.37 bits per heavy atom. The van der Waals surface area contributed by atoms with E-state index in [0.29, 0.717) is 13.0 Å². The van der Waals surface area contributed by atoms with Gasteiger partial charge in [0.15, 0.2) is 0 Å². The predicted molar refractivity (Wildman–Crippen MR) is 136 cm³/mol. The van der Waals surface area contributed by atoms with Crippen molar-refractivity contribution in [2.75, 3.05) is 19.8 Å². The van der Waals surface area contributed by atoms with E-state index in [1.165, 1.54) is 4.90 Å². The van der Waals surface area contributed by atoms with Gasteiger partial charge in [0, 0.05) is 16.9 Å². The molecular formula is C26H41BrN2O6. The van der Waals surface area contributed by atoms with Crippen molar-refractivity contribution in [1.29, 1.82) is 0 Å². The van der Waals surface area contributed by atoms with E-state index in [-0.39, 0.29) is 35.3 Å². The fraction of sp³-hybridized carbons (Fsp3) is 0.808. The number of nitrogens with zero attached hydrogens (tertiary/aromatic N) is 2. The highest BCUT2D eigenvalue weighted by atomic mass is 79.9. The van der Waals surface area contributed by atoms with Gasteiger partial charge in [0.1, 0.15) is 11.6 Å². The molecule has 0 aromatic heterocycles. The second kappa shape index (κ2) is 9.78. The first kappa shape index (κ1) is 28.1. The summed E-state index contributed by atoms with van der Waals surface area (Å²) in [6.07, 6.45) is 2.27. The maximum absolute atomic E-state index is 14.5. The van der Waals surface area contributed by atoms with Crippen molar-refractivity contribution >= 4 is 33.7 Å². The molecule has 0 aromatic carbocycles. The maximum Gasteiger partial charge on any atom is 0.312 e. The quantitative estimate of drug-likeness (QED) is 0.266. The second-order valence-corrected chi connectivity index (χ2v) is 13.2.